The van der Waals surface area contributed by atoms with Crippen LogP contribution in [0.3, 0.4) is 0 Å². The number of carbonyl (C=O) groups excluding carboxylic acids is 1. The Morgan fingerprint density at radius 1 is 1.32 bits per heavy atom. The number of benzene rings is 1. The van der Waals surface area contributed by atoms with Crippen LogP contribution in [0.1, 0.15) is 25.3 Å². The van der Waals surface area contributed by atoms with Crippen molar-refractivity contribution in [2.45, 2.75) is 37.4 Å². The van der Waals surface area contributed by atoms with E-state index in [1.54, 1.807) is 25.1 Å². The molecule has 1 aromatic rings. The van der Waals surface area contributed by atoms with Gasteiger partial charge in [0.2, 0.25) is 5.91 Å². The van der Waals surface area contributed by atoms with E-state index in [9.17, 15) is 14.0 Å². The third-order valence-corrected chi connectivity index (χ3v) is 4.37. The van der Waals surface area contributed by atoms with Crippen LogP contribution in [0.4, 0.5) is 4.39 Å². The number of amides is 1. The maximum absolute atomic E-state index is 14.0. The van der Waals surface area contributed by atoms with E-state index in [4.69, 9.17) is 9.84 Å². The molecule has 1 saturated heterocycles. The number of nitrogens with zero attached hydrogens (tertiary/aromatic N) is 1. The van der Waals surface area contributed by atoms with E-state index in [1.165, 1.54) is 11.0 Å². The van der Waals surface area contributed by atoms with Crippen LogP contribution in [0.5, 0.6) is 0 Å². The first-order valence-corrected chi connectivity index (χ1v) is 7.37. The molecular formula is C16H18FNO4. The van der Waals surface area contributed by atoms with Gasteiger partial charge in [0.1, 0.15) is 5.82 Å². The van der Waals surface area contributed by atoms with Crippen LogP contribution >= 0.6 is 0 Å². The predicted octanol–water partition coefficient (Wildman–Crippen LogP) is 1.56. The van der Waals surface area contributed by atoms with Gasteiger partial charge in [-0.25, -0.2) is 9.18 Å². The molecule has 0 aromatic heterocycles. The van der Waals surface area contributed by atoms with Crippen molar-refractivity contribution in [1.82, 2.24) is 4.90 Å². The van der Waals surface area contributed by atoms with Crippen LogP contribution in [0.25, 0.3) is 0 Å². The van der Waals surface area contributed by atoms with Crippen LogP contribution in [-0.2, 0) is 19.7 Å². The first-order valence-electron chi connectivity index (χ1n) is 7.37. The van der Waals surface area contributed by atoms with Gasteiger partial charge in [-0.15, -0.1) is 0 Å². The second-order valence-corrected chi connectivity index (χ2v) is 6.05. The lowest BCUT2D eigenvalue weighted by Crippen LogP contribution is -2.54. The maximum atomic E-state index is 14.0. The fourth-order valence-electron chi connectivity index (χ4n) is 3.13. The molecule has 0 bridgehead atoms. The minimum Gasteiger partial charge on any atom is -0.479 e. The van der Waals surface area contributed by atoms with Crippen LogP contribution in [0.2, 0.25) is 0 Å². The van der Waals surface area contributed by atoms with E-state index in [0.29, 0.717) is 24.9 Å². The molecule has 22 heavy (non-hydrogen) atoms. The molecule has 1 aromatic carbocycles. The second kappa shape index (κ2) is 5.35. The van der Waals surface area contributed by atoms with Crippen molar-refractivity contribution in [1.29, 1.82) is 0 Å². The zero-order valence-electron chi connectivity index (χ0n) is 12.3. The van der Waals surface area contributed by atoms with Gasteiger partial charge in [0, 0.05) is 12.1 Å². The van der Waals surface area contributed by atoms with Crippen LogP contribution in [0, 0.1) is 5.82 Å². The molecule has 0 radical (unpaired) electrons. The highest BCUT2D eigenvalue weighted by atomic mass is 19.1. The highest BCUT2D eigenvalue weighted by Crippen LogP contribution is 2.50. The lowest BCUT2D eigenvalue weighted by Gasteiger charge is -2.37. The Hall–Kier alpha value is -1.95. The standard InChI is InChI=1S/C16H18FNO4/c1-10-8-18(9-13(22-10)14(19)20)15(21)16(6-7-16)11-4-2-3-5-12(11)17/h2-5,10,13H,6-9H2,1H3,(H,19,20)/t10-,13?/m1/s1. The number of ether oxygens (including phenoxy) is 1. The number of hydrogen-bond donors (Lipinski definition) is 1. The summed E-state index contributed by atoms with van der Waals surface area (Å²) in [6.07, 6.45) is -0.189. The summed E-state index contributed by atoms with van der Waals surface area (Å²) in [5.41, 5.74) is -0.420. The monoisotopic (exact) mass is 307 g/mol. The Bertz CT molecular complexity index is 614. The summed E-state index contributed by atoms with van der Waals surface area (Å²) in [7, 11) is 0. The molecule has 1 heterocycles. The summed E-state index contributed by atoms with van der Waals surface area (Å²) in [5, 5.41) is 9.11. The fourth-order valence-corrected chi connectivity index (χ4v) is 3.13. The van der Waals surface area contributed by atoms with Gasteiger partial charge in [-0.05, 0) is 25.8 Å². The number of aliphatic carboxylic acids is 1. The summed E-state index contributed by atoms with van der Waals surface area (Å²) in [5.74, 6) is -1.66. The Morgan fingerprint density at radius 2 is 2.00 bits per heavy atom. The molecule has 1 aliphatic carbocycles. The Balaban J connectivity index is 1.84. The van der Waals surface area contributed by atoms with Crippen molar-refractivity contribution in [2.24, 2.45) is 0 Å². The zero-order valence-corrected chi connectivity index (χ0v) is 12.3. The molecule has 2 fully saturated rings. The average Bonchev–Trinajstić information content (AvgIpc) is 3.28. The molecule has 1 amide bonds. The van der Waals surface area contributed by atoms with E-state index >= 15 is 0 Å². The van der Waals surface area contributed by atoms with Crippen molar-refractivity contribution in [3.63, 3.8) is 0 Å². The van der Waals surface area contributed by atoms with E-state index in [1.807, 2.05) is 0 Å². The van der Waals surface area contributed by atoms with E-state index in [2.05, 4.69) is 0 Å². The van der Waals surface area contributed by atoms with Gasteiger partial charge in [-0.2, -0.15) is 0 Å². The lowest BCUT2D eigenvalue weighted by atomic mass is 9.93. The number of hydrogen-bond acceptors (Lipinski definition) is 3. The highest BCUT2D eigenvalue weighted by molar-refractivity contribution is 5.92. The fraction of sp³-hybridized carbons (Fsp3) is 0.500. The Kier molecular flexibility index (Phi) is 3.64. The number of carboxylic acids is 1. The van der Waals surface area contributed by atoms with Gasteiger partial charge in [-0.3, -0.25) is 4.79 Å². The van der Waals surface area contributed by atoms with E-state index in [-0.39, 0.29) is 24.4 Å². The molecule has 3 rings (SSSR count). The predicted molar refractivity (Wildman–Crippen MR) is 75.9 cm³/mol. The summed E-state index contributed by atoms with van der Waals surface area (Å²) in [6, 6.07) is 6.30. The van der Waals surface area contributed by atoms with Crippen molar-refractivity contribution in [3.8, 4) is 0 Å². The quantitative estimate of drug-likeness (QED) is 0.920. The number of halogens is 1. The first-order chi connectivity index (χ1) is 10.4. The highest BCUT2D eigenvalue weighted by Gasteiger charge is 2.55. The smallest absolute Gasteiger partial charge is 0.334 e. The molecule has 2 atom stereocenters. The van der Waals surface area contributed by atoms with Gasteiger partial charge in [0.15, 0.2) is 6.10 Å². The number of carboxylic acid groups (broad SMARTS) is 1. The third-order valence-electron chi connectivity index (χ3n) is 4.37. The van der Waals surface area contributed by atoms with Gasteiger partial charge in [-0.1, -0.05) is 18.2 Å². The third kappa shape index (κ3) is 2.47. The number of morpholine rings is 1. The van der Waals surface area contributed by atoms with Crippen molar-refractivity contribution in [3.05, 3.63) is 35.6 Å². The minimum atomic E-state index is -1.08. The van der Waals surface area contributed by atoms with Gasteiger partial charge in [0.25, 0.3) is 0 Å². The van der Waals surface area contributed by atoms with Gasteiger partial charge in [0.05, 0.1) is 18.1 Å². The molecular weight excluding hydrogens is 289 g/mol. The zero-order chi connectivity index (χ0) is 15.9. The molecule has 6 heteroatoms. The second-order valence-electron chi connectivity index (χ2n) is 6.05. The average molecular weight is 307 g/mol. The lowest BCUT2D eigenvalue weighted by molar-refractivity contribution is -0.167. The van der Waals surface area contributed by atoms with E-state index in [0.717, 1.165) is 0 Å². The molecule has 118 valence electrons. The largest absolute Gasteiger partial charge is 0.479 e. The summed E-state index contributed by atoms with van der Waals surface area (Å²) < 4.78 is 19.4. The minimum absolute atomic E-state index is 0.00864. The SMILES string of the molecule is C[C@@H]1CN(C(=O)C2(c3ccccc3F)CC2)CC(C(=O)O)O1. The Morgan fingerprint density at radius 3 is 2.59 bits per heavy atom. The summed E-state index contributed by atoms with van der Waals surface area (Å²) >= 11 is 0. The molecule has 1 N–H and O–H groups in total. The number of rotatable bonds is 3. The van der Waals surface area contributed by atoms with Crippen molar-refractivity contribution >= 4 is 11.9 Å². The van der Waals surface area contributed by atoms with Gasteiger partial charge >= 0.3 is 5.97 Å². The van der Waals surface area contributed by atoms with E-state index < -0.39 is 17.5 Å². The molecule has 2 aliphatic rings. The molecule has 1 unspecified atom stereocenters. The van der Waals surface area contributed by atoms with Crippen molar-refractivity contribution < 1.29 is 23.8 Å². The molecule has 0 spiro atoms. The first kappa shape index (κ1) is 15.0. The van der Waals surface area contributed by atoms with Crippen LogP contribution in [0.15, 0.2) is 24.3 Å². The normalized spacial score (nSPS) is 26.5. The molecule has 5 nitrogen and oxygen atoms in total. The van der Waals surface area contributed by atoms with Crippen LogP contribution in [-0.4, -0.2) is 47.2 Å². The Labute approximate surface area is 127 Å². The molecule has 1 saturated carbocycles. The summed E-state index contributed by atoms with van der Waals surface area (Å²) in [6.45, 7) is 2.07. The van der Waals surface area contributed by atoms with Crippen molar-refractivity contribution in [2.75, 3.05) is 13.1 Å². The van der Waals surface area contributed by atoms with Gasteiger partial charge < -0.3 is 14.7 Å². The topological polar surface area (TPSA) is 66.8 Å². The van der Waals surface area contributed by atoms with Crippen LogP contribution < -0.4 is 0 Å². The summed E-state index contributed by atoms with van der Waals surface area (Å²) in [4.78, 5) is 25.5. The maximum Gasteiger partial charge on any atom is 0.334 e. The molecule has 1 aliphatic heterocycles. The number of carbonyl (C=O) groups is 2.